The van der Waals surface area contributed by atoms with E-state index < -0.39 is 15.9 Å². The summed E-state index contributed by atoms with van der Waals surface area (Å²) in [6, 6.07) is 10.2. The number of benzene rings is 2. The maximum Gasteiger partial charge on any atom is 0.259 e. The molecule has 0 bridgehead atoms. The highest BCUT2D eigenvalue weighted by molar-refractivity contribution is 7.89. The minimum Gasteiger partial charge on any atom is -0.507 e. The summed E-state index contributed by atoms with van der Waals surface area (Å²) < 4.78 is 22.5. The standard InChI is InChI=1S/C14H14N2O4S/c1-9-5-6-12(13(17)7-9)14(18)16-10-3-2-4-11(8-10)21(15,19)20/h2-8,17H,1H3,(H,16,18)(H2,15,19,20). The smallest absolute Gasteiger partial charge is 0.259 e. The number of aromatic hydroxyl groups is 1. The second kappa shape index (κ2) is 5.55. The number of nitrogens with two attached hydrogens (primary N) is 1. The van der Waals surface area contributed by atoms with E-state index in [9.17, 15) is 18.3 Å². The molecule has 0 spiro atoms. The summed E-state index contributed by atoms with van der Waals surface area (Å²) in [5, 5.41) is 17.3. The molecular weight excluding hydrogens is 292 g/mol. The normalized spacial score (nSPS) is 11.1. The Morgan fingerprint density at radius 2 is 1.90 bits per heavy atom. The molecule has 2 aromatic rings. The quantitative estimate of drug-likeness (QED) is 0.800. The highest BCUT2D eigenvalue weighted by Gasteiger charge is 2.13. The van der Waals surface area contributed by atoms with E-state index >= 15 is 0 Å². The van der Waals surface area contributed by atoms with Crippen LogP contribution in [-0.2, 0) is 10.0 Å². The number of phenols is 1. The molecule has 0 saturated carbocycles. The Balaban J connectivity index is 2.28. The fraction of sp³-hybridized carbons (Fsp3) is 0.0714. The van der Waals surface area contributed by atoms with Crippen LogP contribution in [0.3, 0.4) is 0 Å². The third-order valence-corrected chi connectivity index (χ3v) is 3.73. The number of hydrogen-bond donors (Lipinski definition) is 3. The molecule has 110 valence electrons. The zero-order valence-electron chi connectivity index (χ0n) is 11.2. The second-order valence-corrected chi connectivity index (χ2v) is 6.11. The zero-order chi connectivity index (χ0) is 15.6. The van der Waals surface area contributed by atoms with Crippen LogP contribution in [0, 0.1) is 6.92 Å². The molecule has 6 nitrogen and oxygen atoms in total. The summed E-state index contributed by atoms with van der Waals surface area (Å²) in [4.78, 5) is 12.0. The topological polar surface area (TPSA) is 109 Å². The molecule has 0 saturated heterocycles. The fourth-order valence-electron chi connectivity index (χ4n) is 1.78. The highest BCUT2D eigenvalue weighted by atomic mass is 32.2. The van der Waals surface area contributed by atoms with Crippen molar-refractivity contribution >= 4 is 21.6 Å². The van der Waals surface area contributed by atoms with Gasteiger partial charge in [-0.2, -0.15) is 0 Å². The number of primary sulfonamides is 1. The minimum absolute atomic E-state index is 0.0987. The Bertz CT molecular complexity index is 800. The molecule has 0 aliphatic heterocycles. The molecule has 0 fully saturated rings. The van der Waals surface area contributed by atoms with Crippen molar-refractivity contribution in [3.05, 3.63) is 53.6 Å². The van der Waals surface area contributed by atoms with Crippen LogP contribution in [-0.4, -0.2) is 19.4 Å². The Labute approximate surface area is 122 Å². The first-order valence-electron chi connectivity index (χ1n) is 6.01. The Hall–Kier alpha value is -2.38. The van der Waals surface area contributed by atoms with Gasteiger partial charge < -0.3 is 10.4 Å². The fourth-order valence-corrected chi connectivity index (χ4v) is 2.34. The Morgan fingerprint density at radius 1 is 1.19 bits per heavy atom. The van der Waals surface area contributed by atoms with Crippen molar-refractivity contribution in [1.29, 1.82) is 0 Å². The van der Waals surface area contributed by atoms with E-state index in [1.165, 1.54) is 36.4 Å². The molecule has 0 heterocycles. The highest BCUT2D eigenvalue weighted by Crippen LogP contribution is 2.21. The molecule has 0 aromatic heterocycles. The molecule has 0 aliphatic rings. The van der Waals surface area contributed by atoms with Crippen molar-refractivity contribution in [1.82, 2.24) is 0 Å². The number of carbonyl (C=O) groups excluding carboxylic acids is 1. The lowest BCUT2D eigenvalue weighted by atomic mass is 10.1. The number of nitrogens with one attached hydrogen (secondary N) is 1. The van der Waals surface area contributed by atoms with Crippen LogP contribution in [0.4, 0.5) is 5.69 Å². The minimum atomic E-state index is -3.84. The molecule has 1 amide bonds. The number of anilines is 1. The number of carbonyl (C=O) groups is 1. The molecule has 0 aliphatic carbocycles. The van der Waals surface area contributed by atoms with Crippen LogP contribution in [0.1, 0.15) is 15.9 Å². The van der Waals surface area contributed by atoms with Gasteiger partial charge in [-0.15, -0.1) is 0 Å². The number of aryl methyl sites for hydroxylation is 1. The molecule has 0 atom stereocenters. The maximum atomic E-state index is 12.1. The molecule has 2 rings (SSSR count). The van der Waals surface area contributed by atoms with Crippen molar-refractivity contribution in [3.63, 3.8) is 0 Å². The van der Waals surface area contributed by atoms with Gasteiger partial charge in [-0.1, -0.05) is 12.1 Å². The number of amides is 1. The van der Waals surface area contributed by atoms with Crippen LogP contribution >= 0.6 is 0 Å². The predicted octanol–water partition coefficient (Wildman–Crippen LogP) is 1.60. The summed E-state index contributed by atoms with van der Waals surface area (Å²) in [5.41, 5.74) is 1.19. The van der Waals surface area contributed by atoms with Crippen molar-refractivity contribution < 1.29 is 18.3 Å². The molecule has 7 heteroatoms. The monoisotopic (exact) mass is 306 g/mol. The number of hydrogen-bond acceptors (Lipinski definition) is 4. The lowest BCUT2D eigenvalue weighted by Gasteiger charge is -2.08. The van der Waals surface area contributed by atoms with Gasteiger partial charge in [0.05, 0.1) is 10.5 Å². The number of phenolic OH excluding ortho intramolecular Hbond substituents is 1. The van der Waals surface area contributed by atoms with Crippen LogP contribution in [0.25, 0.3) is 0 Å². The predicted molar refractivity (Wildman–Crippen MR) is 78.6 cm³/mol. The Morgan fingerprint density at radius 3 is 2.52 bits per heavy atom. The van der Waals surface area contributed by atoms with Gasteiger partial charge in [0.2, 0.25) is 10.0 Å². The SMILES string of the molecule is Cc1ccc(C(=O)Nc2cccc(S(N)(=O)=O)c2)c(O)c1. The van der Waals surface area contributed by atoms with E-state index in [1.54, 1.807) is 13.0 Å². The molecule has 2 aromatic carbocycles. The second-order valence-electron chi connectivity index (χ2n) is 4.55. The molecule has 0 radical (unpaired) electrons. The summed E-state index contributed by atoms with van der Waals surface area (Å²) in [5.74, 6) is -0.686. The molecule has 21 heavy (non-hydrogen) atoms. The van der Waals surface area contributed by atoms with Crippen LogP contribution in [0.5, 0.6) is 5.75 Å². The average molecular weight is 306 g/mol. The van der Waals surface area contributed by atoms with Gasteiger partial charge in [0.1, 0.15) is 5.75 Å². The zero-order valence-corrected chi connectivity index (χ0v) is 12.0. The molecule has 0 unspecified atom stereocenters. The largest absolute Gasteiger partial charge is 0.507 e. The van der Waals surface area contributed by atoms with E-state index in [0.717, 1.165) is 5.56 Å². The van der Waals surface area contributed by atoms with E-state index in [0.29, 0.717) is 0 Å². The third kappa shape index (κ3) is 3.59. The van der Waals surface area contributed by atoms with Gasteiger partial charge in [-0.05, 0) is 42.8 Å². The van der Waals surface area contributed by atoms with Gasteiger partial charge in [0.25, 0.3) is 5.91 Å². The maximum absolute atomic E-state index is 12.1. The van der Waals surface area contributed by atoms with E-state index in [1.807, 2.05) is 0 Å². The van der Waals surface area contributed by atoms with E-state index in [-0.39, 0.29) is 21.9 Å². The van der Waals surface area contributed by atoms with Crippen molar-refractivity contribution in [2.75, 3.05) is 5.32 Å². The third-order valence-electron chi connectivity index (χ3n) is 2.82. The first-order valence-corrected chi connectivity index (χ1v) is 7.56. The summed E-state index contributed by atoms with van der Waals surface area (Å²) in [7, 11) is -3.84. The number of sulfonamides is 1. The van der Waals surface area contributed by atoms with Crippen LogP contribution in [0.2, 0.25) is 0 Å². The van der Waals surface area contributed by atoms with Gasteiger partial charge in [-0.25, -0.2) is 13.6 Å². The Kier molecular flexibility index (Phi) is 3.97. The van der Waals surface area contributed by atoms with Crippen molar-refractivity contribution in [2.24, 2.45) is 5.14 Å². The lowest BCUT2D eigenvalue weighted by Crippen LogP contribution is -2.15. The molecular formula is C14H14N2O4S. The lowest BCUT2D eigenvalue weighted by molar-refractivity contribution is 0.102. The van der Waals surface area contributed by atoms with E-state index in [2.05, 4.69) is 5.32 Å². The first kappa shape index (κ1) is 15.0. The first-order chi connectivity index (χ1) is 9.77. The average Bonchev–Trinajstić information content (AvgIpc) is 2.37. The summed E-state index contributed by atoms with van der Waals surface area (Å²) in [6.07, 6.45) is 0. The van der Waals surface area contributed by atoms with Crippen LogP contribution < -0.4 is 10.5 Å². The van der Waals surface area contributed by atoms with Crippen LogP contribution in [0.15, 0.2) is 47.4 Å². The van der Waals surface area contributed by atoms with Gasteiger partial charge in [-0.3, -0.25) is 4.79 Å². The van der Waals surface area contributed by atoms with Crippen molar-refractivity contribution in [3.8, 4) is 5.75 Å². The summed E-state index contributed by atoms with van der Waals surface area (Å²) >= 11 is 0. The van der Waals surface area contributed by atoms with E-state index in [4.69, 9.17) is 5.14 Å². The number of rotatable bonds is 3. The summed E-state index contributed by atoms with van der Waals surface area (Å²) in [6.45, 7) is 1.79. The van der Waals surface area contributed by atoms with Gasteiger partial charge in [0.15, 0.2) is 0 Å². The van der Waals surface area contributed by atoms with Crippen molar-refractivity contribution in [2.45, 2.75) is 11.8 Å². The van der Waals surface area contributed by atoms with Gasteiger partial charge >= 0.3 is 0 Å². The molecule has 4 N–H and O–H groups in total. The van der Waals surface area contributed by atoms with Gasteiger partial charge in [0, 0.05) is 5.69 Å².